The third-order valence-electron chi connectivity index (χ3n) is 8.55. The summed E-state index contributed by atoms with van der Waals surface area (Å²) in [7, 11) is 1.27. The summed E-state index contributed by atoms with van der Waals surface area (Å²) < 4.78 is 38.0. The molecule has 4 rings (SSSR count). The lowest BCUT2D eigenvalue weighted by molar-refractivity contribution is -0.140. The number of fused-ring (bicyclic) bond motifs is 1. The van der Waals surface area contributed by atoms with Crippen LogP contribution in [0.4, 0.5) is 8.78 Å². The number of ether oxygens (including phenoxy) is 2. The number of halogens is 2. The predicted molar refractivity (Wildman–Crippen MR) is 116 cm³/mol. The first-order valence-electron chi connectivity index (χ1n) is 12.2. The molecule has 0 spiro atoms. The van der Waals surface area contributed by atoms with Crippen LogP contribution in [0, 0.1) is 47.1 Å². The zero-order valence-electron chi connectivity index (χ0n) is 18.9. The summed E-state index contributed by atoms with van der Waals surface area (Å²) in [6.07, 6.45) is 13.3. The summed E-state index contributed by atoms with van der Waals surface area (Å²) in [6, 6.07) is 2.54. The van der Waals surface area contributed by atoms with E-state index in [1.807, 2.05) is 0 Å². The molecule has 3 fully saturated rings. The van der Waals surface area contributed by atoms with Crippen molar-refractivity contribution in [2.75, 3.05) is 7.11 Å². The molecule has 0 radical (unpaired) electrons. The van der Waals surface area contributed by atoms with Gasteiger partial charge in [-0.05, 0) is 99.5 Å². The molecule has 0 aliphatic heterocycles. The fourth-order valence-electron chi connectivity index (χ4n) is 6.59. The summed E-state index contributed by atoms with van der Waals surface area (Å²) in [5.41, 5.74) is 0. The summed E-state index contributed by atoms with van der Waals surface area (Å²) >= 11 is 0. The molecule has 0 aromatic heterocycles. The van der Waals surface area contributed by atoms with Gasteiger partial charge in [-0.25, -0.2) is 0 Å². The van der Waals surface area contributed by atoms with Crippen molar-refractivity contribution >= 4 is 5.97 Å². The first-order chi connectivity index (χ1) is 15.0. The summed E-state index contributed by atoms with van der Waals surface area (Å²) in [6.45, 7) is 2.33. The second-order valence-corrected chi connectivity index (χ2v) is 10.1. The summed E-state index contributed by atoms with van der Waals surface area (Å²) in [4.78, 5) is 12.6. The van der Waals surface area contributed by atoms with Gasteiger partial charge in [-0.1, -0.05) is 19.8 Å². The Hall–Kier alpha value is -1.65. The third kappa shape index (κ3) is 4.90. The number of esters is 1. The number of methoxy groups -OCH3 is 1. The summed E-state index contributed by atoms with van der Waals surface area (Å²) in [5, 5.41) is 0. The molecule has 1 aromatic rings. The van der Waals surface area contributed by atoms with E-state index in [4.69, 9.17) is 9.47 Å². The van der Waals surface area contributed by atoms with Gasteiger partial charge in [-0.3, -0.25) is 4.79 Å². The van der Waals surface area contributed by atoms with Gasteiger partial charge in [0.1, 0.15) is 0 Å². The molecule has 3 saturated carbocycles. The van der Waals surface area contributed by atoms with Crippen LogP contribution in [0.1, 0.15) is 77.6 Å². The number of carbonyl (C=O) groups is 1. The van der Waals surface area contributed by atoms with E-state index in [-0.39, 0.29) is 17.4 Å². The Morgan fingerprint density at radius 1 is 0.839 bits per heavy atom. The van der Waals surface area contributed by atoms with Gasteiger partial charge in [0, 0.05) is 0 Å². The molecule has 4 atom stereocenters. The highest BCUT2D eigenvalue weighted by Gasteiger charge is 2.39. The highest BCUT2D eigenvalue weighted by atomic mass is 19.2. The molecule has 31 heavy (non-hydrogen) atoms. The van der Waals surface area contributed by atoms with Crippen molar-refractivity contribution in [1.29, 1.82) is 0 Å². The van der Waals surface area contributed by atoms with Crippen LogP contribution in [0.15, 0.2) is 12.1 Å². The third-order valence-corrected chi connectivity index (χ3v) is 8.55. The molecule has 0 amide bonds. The molecule has 3 nitrogen and oxygen atoms in total. The Morgan fingerprint density at radius 2 is 1.39 bits per heavy atom. The number of hydrogen-bond acceptors (Lipinski definition) is 3. The van der Waals surface area contributed by atoms with Crippen LogP contribution < -0.4 is 9.47 Å². The maximum Gasteiger partial charge on any atom is 0.314 e. The maximum absolute atomic E-state index is 14.1. The lowest BCUT2D eigenvalue weighted by Gasteiger charge is -2.45. The van der Waals surface area contributed by atoms with Crippen LogP contribution in [-0.2, 0) is 4.79 Å². The van der Waals surface area contributed by atoms with Crippen molar-refractivity contribution in [2.24, 2.45) is 35.5 Å². The number of rotatable bonds is 5. The van der Waals surface area contributed by atoms with Crippen molar-refractivity contribution in [1.82, 2.24) is 0 Å². The zero-order valence-corrected chi connectivity index (χ0v) is 18.9. The molecule has 0 saturated heterocycles. The minimum atomic E-state index is -1.17. The molecule has 3 aliphatic rings. The standard InChI is InChI=1S/C26H36F2O3/c1-3-16-4-5-21-15-20(11-10-19(21)14-16)17-6-8-18(9-7-17)26(29)31-23-13-12-22(30-2)24(27)25(23)28/h12-13,16-21H,3-11,14-15H2,1-2H3. The zero-order chi connectivity index (χ0) is 22.0. The minimum Gasteiger partial charge on any atom is -0.494 e. The molecule has 0 bridgehead atoms. The van der Waals surface area contributed by atoms with Crippen molar-refractivity contribution < 1.29 is 23.0 Å². The van der Waals surface area contributed by atoms with Gasteiger partial charge in [-0.15, -0.1) is 0 Å². The van der Waals surface area contributed by atoms with Crippen LogP contribution in [0.2, 0.25) is 0 Å². The highest BCUT2D eigenvalue weighted by molar-refractivity contribution is 5.75. The van der Waals surface area contributed by atoms with E-state index in [2.05, 4.69) is 6.92 Å². The fourth-order valence-corrected chi connectivity index (χ4v) is 6.59. The molecule has 0 N–H and O–H groups in total. The smallest absolute Gasteiger partial charge is 0.314 e. The average Bonchev–Trinajstić information content (AvgIpc) is 2.81. The van der Waals surface area contributed by atoms with E-state index in [0.717, 1.165) is 49.4 Å². The Kier molecular flexibility index (Phi) is 7.18. The second kappa shape index (κ2) is 9.87. The van der Waals surface area contributed by atoms with Crippen molar-refractivity contribution in [3.63, 3.8) is 0 Å². The fraction of sp³-hybridized carbons (Fsp3) is 0.731. The maximum atomic E-state index is 14.1. The van der Waals surface area contributed by atoms with Gasteiger partial charge in [0.05, 0.1) is 13.0 Å². The quantitative estimate of drug-likeness (QED) is 0.372. The minimum absolute atomic E-state index is 0.198. The average molecular weight is 435 g/mol. The van der Waals surface area contributed by atoms with Gasteiger partial charge in [-0.2, -0.15) is 8.78 Å². The van der Waals surface area contributed by atoms with E-state index >= 15 is 0 Å². The van der Waals surface area contributed by atoms with E-state index < -0.39 is 17.6 Å². The Balaban J connectivity index is 1.27. The van der Waals surface area contributed by atoms with E-state index in [1.54, 1.807) is 0 Å². The van der Waals surface area contributed by atoms with Gasteiger partial charge in [0.2, 0.25) is 11.6 Å². The Bertz CT molecular complexity index is 772. The van der Waals surface area contributed by atoms with Gasteiger partial charge in [0.25, 0.3) is 0 Å². The Morgan fingerprint density at radius 3 is 2.06 bits per heavy atom. The van der Waals surface area contributed by atoms with Crippen LogP contribution in [-0.4, -0.2) is 13.1 Å². The van der Waals surface area contributed by atoms with Gasteiger partial charge < -0.3 is 9.47 Å². The van der Waals surface area contributed by atoms with E-state index in [9.17, 15) is 13.6 Å². The first kappa shape index (κ1) is 22.5. The molecule has 5 heteroatoms. The normalized spacial score (nSPS) is 33.4. The van der Waals surface area contributed by atoms with Crippen LogP contribution >= 0.6 is 0 Å². The molecular weight excluding hydrogens is 398 g/mol. The highest BCUT2D eigenvalue weighted by Crippen LogP contribution is 2.49. The SMILES string of the molecule is CCC1CCC2CC(C3CCC(C(=O)Oc4ccc(OC)c(F)c4F)CC3)CCC2C1. The number of hydrogen-bond donors (Lipinski definition) is 0. The number of benzene rings is 1. The first-order valence-corrected chi connectivity index (χ1v) is 12.2. The second-order valence-electron chi connectivity index (χ2n) is 10.1. The molecule has 3 aliphatic carbocycles. The van der Waals surface area contributed by atoms with Crippen LogP contribution in [0.25, 0.3) is 0 Å². The van der Waals surface area contributed by atoms with Crippen molar-refractivity contribution in [3.05, 3.63) is 23.8 Å². The molecule has 172 valence electrons. The molecule has 1 aromatic carbocycles. The number of carbonyl (C=O) groups excluding carboxylic acids is 1. The molecular formula is C26H36F2O3. The predicted octanol–water partition coefficient (Wildman–Crippen LogP) is 6.93. The Labute approximate surface area is 184 Å². The van der Waals surface area contributed by atoms with E-state index in [1.165, 1.54) is 64.2 Å². The lowest BCUT2D eigenvalue weighted by atomic mass is 9.61. The monoisotopic (exact) mass is 434 g/mol. The van der Waals surface area contributed by atoms with Crippen molar-refractivity contribution in [3.8, 4) is 11.5 Å². The van der Waals surface area contributed by atoms with Gasteiger partial charge in [0.15, 0.2) is 11.5 Å². The lowest BCUT2D eigenvalue weighted by Crippen LogP contribution is -2.35. The topological polar surface area (TPSA) is 35.5 Å². The largest absolute Gasteiger partial charge is 0.494 e. The van der Waals surface area contributed by atoms with Crippen LogP contribution in [0.5, 0.6) is 11.5 Å². The van der Waals surface area contributed by atoms with E-state index in [0.29, 0.717) is 5.92 Å². The van der Waals surface area contributed by atoms with Crippen molar-refractivity contribution in [2.45, 2.75) is 77.6 Å². The molecule has 0 heterocycles. The van der Waals surface area contributed by atoms with Gasteiger partial charge >= 0.3 is 5.97 Å². The molecule has 4 unspecified atom stereocenters. The van der Waals surface area contributed by atoms with Crippen LogP contribution in [0.3, 0.4) is 0 Å². The summed E-state index contributed by atoms with van der Waals surface area (Å²) in [5.74, 6) is 0.786.